The molecule has 1 atom stereocenters. The summed E-state index contributed by atoms with van der Waals surface area (Å²) in [5.74, 6) is -0.309. The van der Waals surface area contributed by atoms with E-state index < -0.39 is 17.8 Å². The van der Waals surface area contributed by atoms with Crippen molar-refractivity contribution in [3.05, 3.63) is 46.5 Å². The second-order valence-corrected chi connectivity index (χ2v) is 6.51. The molecule has 1 aromatic heterocycles. The number of aromatic nitrogens is 1. The lowest BCUT2D eigenvalue weighted by atomic mass is 10.1. The molecule has 2 rings (SSSR count). The molecule has 0 aliphatic heterocycles. The number of nitrogens with two attached hydrogens (primary N) is 1. The number of carbonyl (C=O) groups excluding carboxylic acids is 1. The number of halogens is 4. The number of nitrogens with one attached hydrogen (secondary N) is 1. The highest BCUT2D eigenvalue weighted by atomic mass is 35.5. The van der Waals surface area contributed by atoms with Crippen molar-refractivity contribution < 1.29 is 18.0 Å². The summed E-state index contributed by atoms with van der Waals surface area (Å²) in [6, 6.07) is 4.58. The summed E-state index contributed by atoms with van der Waals surface area (Å²) in [5.41, 5.74) is 5.58. The van der Waals surface area contributed by atoms with Crippen LogP contribution in [0.1, 0.15) is 35.8 Å². The summed E-state index contributed by atoms with van der Waals surface area (Å²) >= 11 is 1.23. The number of carbonyl (C=O) groups is 1. The summed E-state index contributed by atoms with van der Waals surface area (Å²) in [7, 11) is 0. The van der Waals surface area contributed by atoms with E-state index in [2.05, 4.69) is 10.3 Å². The average Bonchev–Trinajstić information content (AvgIpc) is 2.94. The standard InChI is InChI=1S/C16H18F3N3OS.ClH/c1-2-4-13(20)14(23)22-15-21-9-12(24-15)8-10-5-3-6-11(7-10)16(17,18)19;/h3,5-7,9,13H,2,4,8,20H2,1H3,(H,21,22,23);1H. The molecule has 1 unspecified atom stereocenters. The predicted octanol–water partition coefficient (Wildman–Crippen LogP) is 4.24. The van der Waals surface area contributed by atoms with E-state index in [1.807, 2.05) is 6.92 Å². The lowest BCUT2D eigenvalue weighted by Crippen LogP contribution is -2.35. The van der Waals surface area contributed by atoms with Crippen molar-refractivity contribution in [3.8, 4) is 0 Å². The maximum absolute atomic E-state index is 12.7. The zero-order valence-electron chi connectivity index (χ0n) is 13.5. The molecule has 1 heterocycles. The molecule has 2 aromatic rings. The van der Waals surface area contributed by atoms with Crippen LogP contribution in [0.2, 0.25) is 0 Å². The molecule has 0 saturated heterocycles. The molecule has 0 aliphatic carbocycles. The van der Waals surface area contributed by atoms with Crippen LogP contribution in [0.5, 0.6) is 0 Å². The van der Waals surface area contributed by atoms with Gasteiger partial charge in [0.15, 0.2) is 5.13 Å². The fourth-order valence-electron chi connectivity index (χ4n) is 2.15. The number of anilines is 1. The van der Waals surface area contributed by atoms with Gasteiger partial charge in [0, 0.05) is 17.5 Å². The Balaban J connectivity index is 0.00000312. The quantitative estimate of drug-likeness (QED) is 0.771. The zero-order valence-corrected chi connectivity index (χ0v) is 15.1. The number of thiazole rings is 1. The first kappa shape index (κ1) is 21.4. The molecule has 0 aliphatic rings. The minimum Gasteiger partial charge on any atom is -0.320 e. The van der Waals surface area contributed by atoms with E-state index in [9.17, 15) is 18.0 Å². The third kappa shape index (κ3) is 6.30. The van der Waals surface area contributed by atoms with Crippen molar-refractivity contribution in [1.82, 2.24) is 4.98 Å². The van der Waals surface area contributed by atoms with Crippen LogP contribution in [0.15, 0.2) is 30.5 Å². The van der Waals surface area contributed by atoms with Crippen LogP contribution in [0.3, 0.4) is 0 Å². The fourth-order valence-corrected chi connectivity index (χ4v) is 3.00. The first-order valence-corrected chi connectivity index (χ1v) is 8.28. The second kappa shape index (κ2) is 9.17. The van der Waals surface area contributed by atoms with Crippen molar-refractivity contribution in [2.75, 3.05) is 5.32 Å². The van der Waals surface area contributed by atoms with E-state index >= 15 is 0 Å². The smallest absolute Gasteiger partial charge is 0.320 e. The number of alkyl halides is 3. The van der Waals surface area contributed by atoms with Gasteiger partial charge in [-0.2, -0.15) is 13.2 Å². The Hall–Kier alpha value is -1.64. The molecule has 9 heteroatoms. The van der Waals surface area contributed by atoms with E-state index in [0.717, 1.165) is 23.4 Å². The lowest BCUT2D eigenvalue weighted by molar-refractivity contribution is -0.137. The van der Waals surface area contributed by atoms with E-state index in [1.54, 1.807) is 12.3 Å². The van der Waals surface area contributed by atoms with Crippen molar-refractivity contribution in [2.24, 2.45) is 5.73 Å². The van der Waals surface area contributed by atoms with Crippen LogP contribution in [-0.2, 0) is 17.4 Å². The Bertz CT molecular complexity index is 706. The SMILES string of the molecule is CCCC(N)C(=O)Nc1ncc(Cc2cccc(C(F)(F)F)c2)s1.Cl. The topological polar surface area (TPSA) is 68.0 Å². The molecule has 0 saturated carbocycles. The minimum atomic E-state index is -4.36. The molecular formula is C16H19ClF3N3OS. The molecular weight excluding hydrogens is 375 g/mol. The maximum Gasteiger partial charge on any atom is 0.416 e. The highest BCUT2D eigenvalue weighted by Gasteiger charge is 2.30. The van der Waals surface area contributed by atoms with Crippen molar-refractivity contribution in [3.63, 3.8) is 0 Å². The molecule has 0 bridgehead atoms. The van der Waals surface area contributed by atoms with Gasteiger partial charge in [0.2, 0.25) is 5.91 Å². The number of amides is 1. The van der Waals surface area contributed by atoms with Crippen molar-refractivity contribution >= 4 is 34.8 Å². The van der Waals surface area contributed by atoms with Gasteiger partial charge < -0.3 is 11.1 Å². The molecule has 0 radical (unpaired) electrons. The van der Waals surface area contributed by atoms with E-state index in [0.29, 0.717) is 23.5 Å². The molecule has 25 heavy (non-hydrogen) atoms. The Morgan fingerprint density at radius 3 is 2.76 bits per heavy atom. The van der Waals surface area contributed by atoms with Gasteiger partial charge in [-0.1, -0.05) is 31.5 Å². The van der Waals surface area contributed by atoms with Crippen LogP contribution in [0.25, 0.3) is 0 Å². The minimum absolute atomic E-state index is 0. The Morgan fingerprint density at radius 1 is 1.40 bits per heavy atom. The Kier molecular flexibility index (Phi) is 7.85. The molecule has 1 amide bonds. The zero-order chi connectivity index (χ0) is 17.7. The van der Waals surface area contributed by atoms with Gasteiger partial charge in [0.25, 0.3) is 0 Å². The maximum atomic E-state index is 12.7. The van der Waals surface area contributed by atoms with Crippen LogP contribution < -0.4 is 11.1 Å². The third-order valence-electron chi connectivity index (χ3n) is 3.35. The Labute approximate surface area is 154 Å². The van der Waals surface area contributed by atoms with E-state index in [1.165, 1.54) is 17.4 Å². The summed E-state index contributed by atoms with van der Waals surface area (Å²) in [5, 5.41) is 3.03. The summed E-state index contributed by atoms with van der Waals surface area (Å²) in [4.78, 5) is 16.7. The summed E-state index contributed by atoms with van der Waals surface area (Å²) in [6.45, 7) is 1.93. The molecule has 1 aromatic carbocycles. The van der Waals surface area contributed by atoms with E-state index in [4.69, 9.17) is 5.73 Å². The van der Waals surface area contributed by atoms with Gasteiger partial charge in [-0.25, -0.2) is 4.98 Å². The highest BCUT2D eigenvalue weighted by molar-refractivity contribution is 7.15. The largest absolute Gasteiger partial charge is 0.416 e. The number of hydrogen-bond acceptors (Lipinski definition) is 4. The molecule has 3 N–H and O–H groups in total. The number of benzene rings is 1. The summed E-state index contributed by atoms with van der Waals surface area (Å²) in [6.07, 6.45) is -1.12. The monoisotopic (exact) mass is 393 g/mol. The first-order valence-electron chi connectivity index (χ1n) is 7.47. The predicted molar refractivity (Wildman–Crippen MR) is 95.1 cm³/mol. The highest BCUT2D eigenvalue weighted by Crippen LogP contribution is 2.30. The van der Waals surface area contributed by atoms with Crippen molar-refractivity contribution in [2.45, 2.75) is 38.4 Å². The molecule has 0 fully saturated rings. The van der Waals surface area contributed by atoms with Crippen LogP contribution in [-0.4, -0.2) is 16.9 Å². The fraction of sp³-hybridized carbons (Fsp3) is 0.375. The third-order valence-corrected chi connectivity index (χ3v) is 4.27. The first-order chi connectivity index (χ1) is 11.3. The van der Waals surface area contributed by atoms with Gasteiger partial charge >= 0.3 is 6.18 Å². The number of rotatable bonds is 6. The number of nitrogens with zero attached hydrogens (tertiary/aromatic N) is 1. The van der Waals surface area contributed by atoms with Crippen molar-refractivity contribution in [1.29, 1.82) is 0 Å². The number of hydrogen-bond donors (Lipinski definition) is 2. The molecule has 0 spiro atoms. The van der Waals surface area contributed by atoms with E-state index in [-0.39, 0.29) is 18.3 Å². The van der Waals surface area contributed by atoms with Gasteiger partial charge in [-0.15, -0.1) is 23.7 Å². The normalized spacial score (nSPS) is 12.4. The second-order valence-electron chi connectivity index (χ2n) is 5.39. The molecule has 4 nitrogen and oxygen atoms in total. The summed E-state index contributed by atoms with van der Waals surface area (Å²) < 4.78 is 38.2. The molecule has 138 valence electrons. The van der Waals surface area contributed by atoms with Gasteiger partial charge in [-0.3, -0.25) is 4.79 Å². The Morgan fingerprint density at radius 2 is 2.12 bits per heavy atom. The van der Waals surface area contributed by atoms with Crippen LogP contribution >= 0.6 is 23.7 Å². The van der Waals surface area contributed by atoms with Gasteiger partial charge in [0.1, 0.15) is 0 Å². The lowest BCUT2D eigenvalue weighted by Gasteiger charge is -2.08. The van der Waals surface area contributed by atoms with Gasteiger partial charge in [0.05, 0.1) is 11.6 Å². The average molecular weight is 394 g/mol. The van der Waals surface area contributed by atoms with Crippen LogP contribution in [0, 0.1) is 0 Å². The van der Waals surface area contributed by atoms with Crippen LogP contribution in [0.4, 0.5) is 18.3 Å². The van der Waals surface area contributed by atoms with Gasteiger partial charge in [-0.05, 0) is 18.1 Å².